The molecule has 1 amide bonds. The van der Waals surface area contributed by atoms with Gasteiger partial charge in [0.1, 0.15) is 5.75 Å². The van der Waals surface area contributed by atoms with Crippen molar-refractivity contribution in [3.05, 3.63) is 50.5 Å². The highest BCUT2D eigenvalue weighted by Gasteiger charge is 2.12. The predicted molar refractivity (Wildman–Crippen MR) is 110 cm³/mol. The second-order valence-corrected chi connectivity index (χ2v) is 8.08. The maximum Gasteiger partial charge on any atom is 0.234 e. The number of aromatic amines is 1. The molecule has 1 heterocycles. The molecule has 3 rings (SSSR count). The number of carbonyl (C=O) groups is 1. The fraction of sp³-hybridized carbons (Fsp3) is 0.0625. The third-order valence-corrected chi connectivity index (χ3v) is 5.13. The van der Waals surface area contributed by atoms with Crippen molar-refractivity contribution >= 4 is 61.9 Å². The third kappa shape index (κ3) is 4.95. The number of benzene rings is 2. The lowest BCUT2D eigenvalue weighted by atomic mass is 10.2. The molecule has 0 aliphatic rings. The molecule has 1 aromatic heterocycles. The summed E-state index contributed by atoms with van der Waals surface area (Å²) in [5.74, 6) is 0.600. The first-order valence-corrected chi connectivity index (χ1v) is 9.96. The molecule has 25 heavy (non-hydrogen) atoms. The molecule has 0 aliphatic heterocycles. The number of anilines is 1. The molecule has 0 radical (unpaired) electrons. The summed E-state index contributed by atoms with van der Waals surface area (Å²) < 4.78 is 1.87. The fourth-order valence-electron chi connectivity index (χ4n) is 2.02. The van der Waals surface area contributed by atoms with Crippen molar-refractivity contribution < 1.29 is 9.90 Å². The summed E-state index contributed by atoms with van der Waals surface area (Å²) in [5.41, 5.74) is 1.30. The lowest BCUT2D eigenvalue weighted by molar-refractivity contribution is -0.113. The van der Waals surface area contributed by atoms with E-state index in [0.717, 1.165) is 13.7 Å². The number of hydrogen-bond donors (Lipinski definition) is 3. The minimum atomic E-state index is -0.136. The number of nitrogens with one attached hydrogen (secondary N) is 2. The first kappa shape index (κ1) is 18.2. The second-order valence-electron chi connectivity index (χ2n) is 4.98. The van der Waals surface area contributed by atoms with Crippen molar-refractivity contribution in [3.63, 3.8) is 0 Å². The van der Waals surface area contributed by atoms with Crippen molar-refractivity contribution in [1.82, 2.24) is 15.2 Å². The highest BCUT2D eigenvalue weighted by atomic mass is 127. The minimum Gasteiger partial charge on any atom is -0.507 e. The Kier molecular flexibility index (Phi) is 5.97. The van der Waals surface area contributed by atoms with Gasteiger partial charge in [0.15, 0.2) is 5.82 Å². The van der Waals surface area contributed by atoms with Crippen molar-refractivity contribution in [2.75, 3.05) is 11.1 Å². The molecule has 0 spiro atoms. The summed E-state index contributed by atoms with van der Waals surface area (Å²) in [7, 11) is 0. The zero-order chi connectivity index (χ0) is 17.8. The summed E-state index contributed by atoms with van der Waals surface area (Å²) in [4.78, 5) is 16.3. The smallest absolute Gasteiger partial charge is 0.234 e. The Bertz CT molecular complexity index is 919. The van der Waals surface area contributed by atoms with Crippen LogP contribution in [-0.2, 0) is 4.79 Å². The Morgan fingerprint density at radius 3 is 2.96 bits per heavy atom. The van der Waals surface area contributed by atoms with Crippen LogP contribution in [0, 0.1) is 3.57 Å². The van der Waals surface area contributed by atoms with Gasteiger partial charge in [-0.3, -0.25) is 9.89 Å². The van der Waals surface area contributed by atoms with E-state index in [1.54, 1.807) is 18.2 Å². The maximum atomic E-state index is 12.0. The number of hydrogen-bond acceptors (Lipinski definition) is 5. The van der Waals surface area contributed by atoms with Crippen LogP contribution in [0.3, 0.4) is 0 Å². The molecule has 128 valence electrons. The topological polar surface area (TPSA) is 90.9 Å². The molecule has 0 bridgehead atoms. The van der Waals surface area contributed by atoms with Gasteiger partial charge in [0, 0.05) is 13.7 Å². The van der Waals surface area contributed by atoms with Crippen LogP contribution in [0.25, 0.3) is 11.4 Å². The van der Waals surface area contributed by atoms with Gasteiger partial charge in [0.25, 0.3) is 0 Å². The van der Waals surface area contributed by atoms with Gasteiger partial charge in [-0.15, -0.1) is 5.10 Å². The zero-order valence-corrected chi connectivity index (χ0v) is 17.2. The molecule has 2 aromatic carbocycles. The third-order valence-electron chi connectivity index (χ3n) is 3.12. The maximum absolute atomic E-state index is 12.0. The predicted octanol–water partition coefficient (Wildman–Crippen LogP) is 4.28. The summed E-state index contributed by atoms with van der Waals surface area (Å²) in [6.07, 6.45) is 0. The average molecular weight is 531 g/mol. The number of nitrogens with zero attached hydrogens (tertiary/aromatic N) is 2. The van der Waals surface area contributed by atoms with Gasteiger partial charge in [-0.05, 0) is 59.0 Å². The summed E-state index contributed by atoms with van der Waals surface area (Å²) in [6.45, 7) is 0. The first-order valence-electron chi connectivity index (χ1n) is 7.11. The number of phenols is 1. The van der Waals surface area contributed by atoms with Crippen LogP contribution in [0.4, 0.5) is 5.69 Å². The van der Waals surface area contributed by atoms with Crippen LogP contribution < -0.4 is 5.32 Å². The Balaban J connectivity index is 1.62. The van der Waals surface area contributed by atoms with E-state index in [1.165, 1.54) is 11.8 Å². The van der Waals surface area contributed by atoms with Crippen molar-refractivity contribution in [3.8, 4) is 17.1 Å². The number of amides is 1. The van der Waals surface area contributed by atoms with E-state index >= 15 is 0 Å². The molecular weight excluding hydrogens is 519 g/mol. The SMILES string of the molecule is O=C(CSc1n[nH]c(-c2cc(Br)ccc2O)n1)Nc1cccc(I)c1. The van der Waals surface area contributed by atoms with Crippen LogP contribution in [-0.4, -0.2) is 31.9 Å². The number of halogens is 2. The van der Waals surface area contributed by atoms with E-state index in [4.69, 9.17) is 0 Å². The molecule has 0 saturated carbocycles. The summed E-state index contributed by atoms with van der Waals surface area (Å²) in [6, 6.07) is 12.6. The Morgan fingerprint density at radius 2 is 2.16 bits per heavy atom. The quantitative estimate of drug-likeness (QED) is 0.338. The van der Waals surface area contributed by atoms with Gasteiger partial charge in [-0.25, -0.2) is 4.98 Å². The van der Waals surface area contributed by atoms with Crippen LogP contribution in [0.2, 0.25) is 0 Å². The van der Waals surface area contributed by atoms with Gasteiger partial charge in [-0.1, -0.05) is 33.8 Å². The van der Waals surface area contributed by atoms with Gasteiger partial charge in [0.2, 0.25) is 11.1 Å². The van der Waals surface area contributed by atoms with Crippen LogP contribution in [0.1, 0.15) is 0 Å². The monoisotopic (exact) mass is 530 g/mol. The lowest BCUT2D eigenvalue weighted by Crippen LogP contribution is -2.14. The van der Waals surface area contributed by atoms with Crippen LogP contribution >= 0.6 is 50.3 Å². The van der Waals surface area contributed by atoms with E-state index in [2.05, 4.69) is 59.0 Å². The van der Waals surface area contributed by atoms with E-state index < -0.39 is 0 Å². The normalized spacial score (nSPS) is 10.6. The van der Waals surface area contributed by atoms with E-state index in [-0.39, 0.29) is 17.4 Å². The van der Waals surface area contributed by atoms with Crippen LogP contribution in [0.5, 0.6) is 5.75 Å². The fourth-order valence-corrected chi connectivity index (χ4v) is 3.53. The summed E-state index contributed by atoms with van der Waals surface area (Å²) in [5, 5.41) is 20.0. The largest absolute Gasteiger partial charge is 0.507 e. The molecule has 0 fully saturated rings. The van der Waals surface area contributed by atoms with Crippen molar-refractivity contribution in [2.45, 2.75) is 5.16 Å². The first-order chi connectivity index (χ1) is 12.0. The molecular formula is C16H12BrIN4O2S. The molecule has 0 aliphatic carbocycles. The molecule has 3 aromatic rings. The number of rotatable bonds is 5. The minimum absolute atomic E-state index is 0.104. The molecule has 9 heteroatoms. The molecule has 0 atom stereocenters. The standard InChI is InChI=1S/C16H12BrIN4O2S/c17-9-4-5-13(23)12(6-9)15-20-16(22-21-15)25-8-14(24)19-11-3-1-2-10(18)7-11/h1-7,23H,8H2,(H,19,24)(H,20,21,22). The number of thioether (sulfide) groups is 1. The van der Waals surface area contributed by atoms with Gasteiger partial charge in [0.05, 0.1) is 11.3 Å². The average Bonchev–Trinajstić information content (AvgIpc) is 3.04. The van der Waals surface area contributed by atoms with E-state index in [0.29, 0.717) is 16.5 Å². The second kappa shape index (κ2) is 8.19. The van der Waals surface area contributed by atoms with Crippen molar-refractivity contribution in [2.24, 2.45) is 0 Å². The molecule has 0 saturated heterocycles. The number of carbonyl (C=O) groups excluding carboxylic acids is 1. The van der Waals surface area contributed by atoms with Gasteiger partial charge in [-0.2, -0.15) is 0 Å². The number of phenolic OH excluding ortho intramolecular Hbond substituents is 1. The van der Waals surface area contributed by atoms with E-state index in [9.17, 15) is 9.90 Å². The van der Waals surface area contributed by atoms with Gasteiger partial charge < -0.3 is 10.4 Å². The Morgan fingerprint density at radius 1 is 1.32 bits per heavy atom. The zero-order valence-electron chi connectivity index (χ0n) is 12.7. The molecule has 6 nitrogen and oxygen atoms in total. The molecule has 3 N–H and O–H groups in total. The van der Waals surface area contributed by atoms with E-state index in [1.807, 2.05) is 24.3 Å². The highest BCUT2D eigenvalue weighted by Crippen LogP contribution is 2.30. The molecule has 0 unspecified atom stereocenters. The number of aromatic hydroxyl groups is 1. The van der Waals surface area contributed by atoms with Gasteiger partial charge >= 0.3 is 0 Å². The summed E-state index contributed by atoms with van der Waals surface area (Å²) >= 11 is 6.76. The lowest BCUT2D eigenvalue weighted by Gasteiger charge is -2.04. The number of H-pyrrole nitrogens is 1. The number of aromatic nitrogens is 3. The Hall–Kier alpha value is -1.59. The Labute approximate surface area is 170 Å². The van der Waals surface area contributed by atoms with Crippen molar-refractivity contribution in [1.29, 1.82) is 0 Å². The highest BCUT2D eigenvalue weighted by molar-refractivity contribution is 14.1. The van der Waals surface area contributed by atoms with Crippen LogP contribution in [0.15, 0.2) is 52.1 Å².